The molecule has 0 saturated carbocycles. The predicted octanol–water partition coefficient (Wildman–Crippen LogP) is 1.74. The summed E-state index contributed by atoms with van der Waals surface area (Å²) >= 11 is 0. The highest BCUT2D eigenvalue weighted by atomic mass is 16.4. The van der Waals surface area contributed by atoms with E-state index in [0.717, 1.165) is 11.1 Å². The number of allylic oxidation sites excluding steroid dienone is 1. The topological polar surface area (TPSA) is 40.5 Å². The van der Waals surface area contributed by atoms with Gasteiger partial charge in [0.2, 0.25) is 0 Å². The third-order valence-corrected chi connectivity index (χ3v) is 1.79. The molecule has 0 radical (unpaired) electrons. The average molecular weight is 188 g/mol. The molecule has 0 aliphatic rings. The van der Waals surface area contributed by atoms with Gasteiger partial charge in [0.05, 0.1) is 0 Å². The van der Waals surface area contributed by atoms with E-state index < -0.39 is 7.12 Å². The van der Waals surface area contributed by atoms with Gasteiger partial charge in [-0.15, -0.1) is 0 Å². The fourth-order valence-corrected chi connectivity index (χ4v) is 1.18. The molecule has 0 aliphatic heterocycles. The van der Waals surface area contributed by atoms with E-state index >= 15 is 0 Å². The van der Waals surface area contributed by atoms with Crippen LogP contribution in [0.15, 0.2) is 36.3 Å². The van der Waals surface area contributed by atoms with Crippen LogP contribution in [0.5, 0.6) is 0 Å². The van der Waals surface area contributed by atoms with Gasteiger partial charge in [-0.05, 0) is 18.1 Å². The van der Waals surface area contributed by atoms with Gasteiger partial charge in [0.25, 0.3) is 0 Å². The average Bonchev–Trinajstić information content (AvgIpc) is 2.17. The molecule has 2 N–H and O–H groups in total. The smallest absolute Gasteiger partial charge is 0.424 e. The van der Waals surface area contributed by atoms with Crippen LogP contribution < -0.4 is 0 Å². The molecular formula is C11H13BO2. The molecule has 2 nitrogen and oxygen atoms in total. The molecule has 0 atom stereocenters. The maximum Gasteiger partial charge on any atom is 0.480 e. The summed E-state index contributed by atoms with van der Waals surface area (Å²) in [6.45, 7) is 1.95. The molecule has 0 heterocycles. The van der Waals surface area contributed by atoms with E-state index in [2.05, 4.69) is 0 Å². The molecule has 0 spiro atoms. The first-order valence-corrected chi connectivity index (χ1v) is 4.50. The summed E-state index contributed by atoms with van der Waals surface area (Å²) in [7, 11) is -1.39. The molecule has 0 unspecified atom stereocenters. The Kier molecular flexibility index (Phi) is 4.17. The second kappa shape index (κ2) is 5.42. The van der Waals surface area contributed by atoms with Crippen molar-refractivity contribution >= 4 is 19.3 Å². The first-order valence-electron chi connectivity index (χ1n) is 4.50. The number of hydrogen-bond acceptors (Lipinski definition) is 2. The molecule has 14 heavy (non-hydrogen) atoms. The Morgan fingerprint density at radius 2 is 1.64 bits per heavy atom. The SMILES string of the molecule is C/C=C\c1ccccc1/C=C/B(O)O. The van der Waals surface area contributed by atoms with Crippen molar-refractivity contribution in [1.29, 1.82) is 0 Å². The Labute approximate surface area is 84.4 Å². The molecule has 0 aliphatic carbocycles. The maximum atomic E-state index is 8.69. The summed E-state index contributed by atoms with van der Waals surface area (Å²) in [6, 6.07) is 7.76. The second-order valence-corrected chi connectivity index (χ2v) is 2.90. The highest BCUT2D eigenvalue weighted by Crippen LogP contribution is 2.12. The molecule has 1 aromatic carbocycles. The third-order valence-electron chi connectivity index (χ3n) is 1.79. The van der Waals surface area contributed by atoms with E-state index in [1.807, 2.05) is 43.3 Å². The lowest BCUT2D eigenvalue weighted by atomic mass is 9.90. The highest BCUT2D eigenvalue weighted by molar-refractivity contribution is 6.48. The van der Waals surface area contributed by atoms with Crippen molar-refractivity contribution in [2.45, 2.75) is 6.92 Å². The fourth-order valence-electron chi connectivity index (χ4n) is 1.18. The van der Waals surface area contributed by atoms with Crippen LogP contribution in [0, 0.1) is 0 Å². The third kappa shape index (κ3) is 3.20. The maximum absolute atomic E-state index is 8.69. The number of hydrogen-bond donors (Lipinski definition) is 2. The Bertz CT molecular complexity index is 343. The van der Waals surface area contributed by atoms with Crippen LogP contribution in [0.4, 0.5) is 0 Å². The second-order valence-electron chi connectivity index (χ2n) is 2.90. The van der Waals surface area contributed by atoms with Gasteiger partial charge in [-0.3, -0.25) is 0 Å². The Hall–Kier alpha value is -1.32. The van der Waals surface area contributed by atoms with E-state index in [-0.39, 0.29) is 0 Å². The van der Waals surface area contributed by atoms with Gasteiger partial charge < -0.3 is 10.0 Å². The molecule has 0 bridgehead atoms. The summed E-state index contributed by atoms with van der Waals surface area (Å²) < 4.78 is 0. The lowest BCUT2D eigenvalue weighted by molar-refractivity contribution is 0.424. The van der Waals surface area contributed by atoms with Crippen LogP contribution in [-0.4, -0.2) is 17.2 Å². The molecule has 3 heteroatoms. The van der Waals surface area contributed by atoms with Crippen molar-refractivity contribution in [3.63, 3.8) is 0 Å². The first kappa shape index (κ1) is 10.8. The van der Waals surface area contributed by atoms with E-state index in [1.54, 1.807) is 6.08 Å². The Morgan fingerprint density at radius 3 is 2.14 bits per heavy atom. The van der Waals surface area contributed by atoms with E-state index in [0.29, 0.717) is 0 Å². The molecule has 72 valence electrons. The van der Waals surface area contributed by atoms with Crippen LogP contribution in [0.3, 0.4) is 0 Å². The molecule has 0 saturated heterocycles. The zero-order chi connectivity index (χ0) is 10.4. The van der Waals surface area contributed by atoms with Crippen LogP contribution >= 0.6 is 0 Å². The first-order chi connectivity index (χ1) is 6.74. The van der Waals surface area contributed by atoms with Crippen molar-refractivity contribution in [3.8, 4) is 0 Å². The van der Waals surface area contributed by atoms with Crippen molar-refractivity contribution in [2.24, 2.45) is 0 Å². The minimum atomic E-state index is -1.39. The van der Waals surface area contributed by atoms with Gasteiger partial charge in [0.1, 0.15) is 0 Å². The Balaban J connectivity index is 2.95. The van der Waals surface area contributed by atoms with Crippen molar-refractivity contribution < 1.29 is 10.0 Å². The molecule has 1 aromatic rings. The number of rotatable bonds is 3. The van der Waals surface area contributed by atoms with Crippen LogP contribution in [-0.2, 0) is 0 Å². The zero-order valence-corrected chi connectivity index (χ0v) is 8.09. The van der Waals surface area contributed by atoms with Gasteiger partial charge in [-0.1, -0.05) is 48.5 Å². The van der Waals surface area contributed by atoms with E-state index in [1.165, 1.54) is 5.98 Å². The van der Waals surface area contributed by atoms with E-state index in [4.69, 9.17) is 10.0 Å². The summed E-state index contributed by atoms with van der Waals surface area (Å²) in [5.41, 5.74) is 2.03. The summed E-state index contributed by atoms with van der Waals surface area (Å²) in [5.74, 6) is 1.34. The minimum absolute atomic E-state index is 0.971. The summed E-state index contributed by atoms with van der Waals surface area (Å²) in [5, 5.41) is 17.4. The largest absolute Gasteiger partial charge is 0.480 e. The summed E-state index contributed by atoms with van der Waals surface area (Å²) in [4.78, 5) is 0. The van der Waals surface area contributed by atoms with Crippen LogP contribution in [0.2, 0.25) is 0 Å². The molecule has 0 aromatic heterocycles. The Morgan fingerprint density at radius 1 is 1.07 bits per heavy atom. The monoisotopic (exact) mass is 188 g/mol. The highest BCUT2D eigenvalue weighted by Gasteiger charge is 1.99. The fraction of sp³-hybridized carbons (Fsp3) is 0.0909. The van der Waals surface area contributed by atoms with E-state index in [9.17, 15) is 0 Å². The number of benzene rings is 1. The lowest BCUT2D eigenvalue weighted by Crippen LogP contribution is -2.05. The summed E-state index contributed by atoms with van der Waals surface area (Å²) in [6.07, 6.45) is 5.62. The molecule has 0 amide bonds. The molecule has 1 rings (SSSR count). The lowest BCUT2D eigenvalue weighted by Gasteiger charge is -1.99. The molecule has 0 fully saturated rings. The van der Waals surface area contributed by atoms with Crippen molar-refractivity contribution in [1.82, 2.24) is 0 Å². The van der Waals surface area contributed by atoms with Gasteiger partial charge in [0.15, 0.2) is 0 Å². The standard InChI is InChI=1S/C11H13BO2/c1-2-5-10-6-3-4-7-11(10)8-9-12(13)14/h2-9,13-14H,1H3/b5-2-,9-8+. The van der Waals surface area contributed by atoms with Crippen LogP contribution in [0.25, 0.3) is 12.2 Å². The van der Waals surface area contributed by atoms with Gasteiger partial charge >= 0.3 is 7.12 Å². The normalized spacial score (nSPS) is 11.4. The minimum Gasteiger partial charge on any atom is -0.424 e. The molecular weight excluding hydrogens is 175 g/mol. The predicted molar refractivity (Wildman–Crippen MR) is 60.4 cm³/mol. The van der Waals surface area contributed by atoms with Crippen molar-refractivity contribution in [2.75, 3.05) is 0 Å². The van der Waals surface area contributed by atoms with Gasteiger partial charge in [-0.2, -0.15) is 0 Å². The quantitative estimate of drug-likeness (QED) is 0.709. The van der Waals surface area contributed by atoms with Crippen molar-refractivity contribution in [3.05, 3.63) is 47.4 Å². The van der Waals surface area contributed by atoms with Crippen LogP contribution in [0.1, 0.15) is 18.1 Å². The zero-order valence-electron chi connectivity index (χ0n) is 8.09. The van der Waals surface area contributed by atoms with Gasteiger partial charge in [-0.25, -0.2) is 0 Å². The van der Waals surface area contributed by atoms with Gasteiger partial charge in [0, 0.05) is 0 Å².